The third kappa shape index (κ3) is 3.23. The Kier molecular flexibility index (Phi) is 4.75. The molecule has 0 unspecified atom stereocenters. The van der Waals surface area contributed by atoms with Gasteiger partial charge in [0.15, 0.2) is 17.4 Å². The monoisotopic (exact) mass is 335 g/mol. The molecule has 1 aromatic heterocycles. The van der Waals surface area contributed by atoms with Crippen LogP contribution in [0.25, 0.3) is 0 Å². The number of hydrogen-bond acceptors (Lipinski definition) is 6. The average Bonchev–Trinajstić information content (AvgIpc) is 2.99. The Bertz CT molecular complexity index is 728. The fourth-order valence-electron chi connectivity index (χ4n) is 2.51. The van der Waals surface area contributed by atoms with Crippen LogP contribution in [0.15, 0.2) is 22.7 Å². The summed E-state index contributed by atoms with van der Waals surface area (Å²) in [5.74, 6) is 0.454. The lowest BCUT2D eigenvalue weighted by atomic mass is 9.98. The first-order valence-corrected chi connectivity index (χ1v) is 7.56. The molecule has 1 aromatic carbocycles. The molecular formula is C16H18FN3O4. The molecule has 0 saturated carbocycles. The van der Waals surface area contributed by atoms with E-state index in [1.807, 2.05) is 0 Å². The summed E-state index contributed by atoms with van der Waals surface area (Å²) in [6.07, 6.45) is 0.584. The molecule has 0 aliphatic carbocycles. The largest absolute Gasteiger partial charge is 0.494 e. The number of ether oxygens (including phenoxy) is 2. The van der Waals surface area contributed by atoms with Gasteiger partial charge < -0.3 is 18.9 Å². The van der Waals surface area contributed by atoms with Gasteiger partial charge in [0.2, 0.25) is 5.89 Å². The first kappa shape index (κ1) is 16.4. The Balaban J connectivity index is 1.58. The Hall–Kier alpha value is -2.48. The Labute approximate surface area is 138 Å². The van der Waals surface area contributed by atoms with E-state index in [4.69, 9.17) is 14.0 Å². The van der Waals surface area contributed by atoms with E-state index < -0.39 is 5.82 Å². The second kappa shape index (κ2) is 6.96. The number of rotatable bonds is 6. The van der Waals surface area contributed by atoms with Gasteiger partial charge in [-0.25, -0.2) is 4.39 Å². The Morgan fingerprint density at radius 3 is 2.88 bits per heavy atom. The summed E-state index contributed by atoms with van der Waals surface area (Å²) in [5, 5.41) is 3.88. The Morgan fingerprint density at radius 2 is 2.21 bits per heavy atom. The first-order chi connectivity index (χ1) is 11.6. The van der Waals surface area contributed by atoms with Gasteiger partial charge >= 0.3 is 0 Å². The predicted molar refractivity (Wildman–Crippen MR) is 81.5 cm³/mol. The van der Waals surface area contributed by atoms with Crippen molar-refractivity contribution in [3.8, 4) is 5.75 Å². The first-order valence-electron chi connectivity index (χ1n) is 7.56. The van der Waals surface area contributed by atoms with Crippen LogP contribution in [0.4, 0.5) is 4.39 Å². The zero-order valence-corrected chi connectivity index (χ0v) is 13.5. The molecule has 8 heteroatoms. The fourth-order valence-corrected chi connectivity index (χ4v) is 2.51. The Morgan fingerprint density at radius 1 is 1.42 bits per heavy atom. The van der Waals surface area contributed by atoms with Crippen LogP contribution < -0.4 is 4.74 Å². The smallest absolute Gasteiger partial charge is 0.254 e. The summed E-state index contributed by atoms with van der Waals surface area (Å²) in [6.45, 7) is 1.47. The van der Waals surface area contributed by atoms with Crippen molar-refractivity contribution >= 4 is 5.91 Å². The molecule has 2 heterocycles. The van der Waals surface area contributed by atoms with E-state index in [1.165, 1.54) is 19.2 Å². The second-order valence-corrected chi connectivity index (χ2v) is 5.55. The van der Waals surface area contributed by atoms with E-state index in [-0.39, 0.29) is 23.1 Å². The highest BCUT2D eigenvalue weighted by atomic mass is 19.1. The highest BCUT2D eigenvalue weighted by Gasteiger charge is 2.36. The van der Waals surface area contributed by atoms with Gasteiger partial charge in [0, 0.05) is 32.2 Å². The minimum absolute atomic E-state index is 0.0147. The normalized spacial score (nSPS) is 14.5. The molecule has 1 aliphatic rings. The van der Waals surface area contributed by atoms with Crippen molar-refractivity contribution < 1.29 is 23.2 Å². The van der Waals surface area contributed by atoms with Gasteiger partial charge in [0.05, 0.1) is 19.6 Å². The topological polar surface area (TPSA) is 77.7 Å². The molecule has 1 amide bonds. The number of amides is 1. The van der Waals surface area contributed by atoms with Crippen LogP contribution in [0.5, 0.6) is 5.75 Å². The zero-order valence-electron chi connectivity index (χ0n) is 13.5. The minimum atomic E-state index is -0.555. The molecule has 1 saturated heterocycles. The van der Waals surface area contributed by atoms with Crippen molar-refractivity contribution in [3.05, 3.63) is 41.3 Å². The minimum Gasteiger partial charge on any atom is -0.494 e. The van der Waals surface area contributed by atoms with Gasteiger partial charge in [0.1, 0.15) is 0 Å². The number of likely N-dealkylation sites (tertiary alicyclic amines) is 1. The number of nitrogens with zero attached hydrogens (tertiary/aromatic N) is 3. The maximum atomic E-state index is 13.7. The maximum absolute atomic E-state index is 13.7. The summed E-state index contributed by atoms with van der Waals surface area (Å²) < 4.78 is 28.7. The van der Waals surface area contributed by atoms with Crippen molar-refractivity contribution in [2.75, 3.05) is 33.9 Å². The van der Waals surface area contributed by atoms with Crippen molar-refractivity contribution in [2.45, 2.75) is 12.3 Å². The van der Waals surface area contributed by atoms with Crippen molar-refractivity contribution in [3.63, 3.8) is 0 Å². The molecule has 0 spiro atoms. The second-order valence-electron chi connectivity index (χ2n) is 5.55. The third-order valence-corrected chi connectivity index (χ3v) is 3.93. The molecule has 0 atom stereocenters. The van der Waals surface area contributed by atoms with Gasteiger partial charge in [-0.15, -0.1) is 0 Å². The number of benzene rings is 1. The highest BCUT2D eigenvalue weighted by Crippen LogP contribution is 2.28. The molecule has 7 nitrogen and oxygen atoms in total. The van der Waals surface area contributed by atoms with Crippen LogP contribution in [0.2, 0.25) is 0 Å². The molecule has 24 heavy (non-hydrogen) atoms. The number of halogens is 1. The van der Waals surface area contributed by atoms with E-state index in [0.717, 1.165) is 0 Å². The van der Waals surface area contributed by atoms with Crippen molar-refractivity contribution in [1.82, 2.24) is 15.0 Å². The fraction of sp³-hybridized carbons (Fsp3) is 0.438. The summed E-state index contributed by atoms with van der Waals surface area (Å²) in [6, 6.07) is 4.18. The van der Waals surface area contributed by atoms with E-state index in [2.05, 4.69) is 10.1 Å². The van der Waals surface area contributed by atoms with Gasteiger partial charge in [-0.05, 0) is 18.2 Å². The van der Waals surface area contributed by atoms with Gasteiger partial charge in [0.25, 0.3) is 5.91 Å². The molecule has 0 N–H and O–H groups in total. The lowest BCUT2D eigenvalue weighted by molar-refractivity contribution is 0.0568. The molecule has 0 radical (unpaired) electrons. The summed E-state index contributed by atoms with van der Waals surface area (Å²) in [5.41, 5.74) is 0.290. The number of aromatic nitrogens is 2. The average molecular weight is 335 g/mol. The van der Waals surface area contributed by atoms with Crippen LogP contribution in [-0.2, 0) is 11.2 Å². The molecule has 1 aliphatic heterocycles. The van der Waals surface area contributed by atoms with E-state index in [0.29, 0.717) is 37.8 Å². The van der Waals surface area contributed by atoms with Crippen molar-refractivity contribution in [1.29, 1.82) is 0 Å². The van der Waals surface area contributed by atoms with Crippen LogP contribution in [0.1, 0.15) is 28.0 Å². The third-order valence-electron chi connectivity index (χ3n) is 3.93. The zero-order chi connectivity index (χ0) is 17.1. The van der Waals surface area contributed by atoms with Crippen LogP contribution in [-0.4, -0.2) is 54.9 Å². The molecule has 3 rings (SSSR count). The van der Waals surface area contributed by atoms with Crippen molar-refractivity contribution in [2.24, 2.45) is 0 Å². The molecule has 0 bridgehead atoms. The molecule has 128 valence electrons. The predicted octanol–water partition coefficient (Wildman–Crippen LogP) is 1.65. The highest BCUT2D eigenvalue weighted by molar-refractivity contribution is 5.95. The summed E-state index contributed by atoms with van der Waals surface area (Å²) in [7, 11) is 2.99. The summed E-state index contributed by atoms with van der Waals surface area (Å²) >= 11 is 0. The lowest BCUT2D eigenvalue weighted by Crippen LogP contribution is -2.48. The quantitative estimate of drug-likeness (QED) is 0.799. The van der Waals surface area contributed by atoms with Crippen LogP contribution in [0.3, 0.4) is 0 Å². The van der Waals surface area contributed by atoms with E-state index >= 15 is 0 Å². The standard InChI is InChI=1S/C16H18FN3O4/c1-22-6-5-14-18-15(24-19-14)11-8-20(9-11)16(21)10-3-4-13(23-2)12(17)7-10/h3-4,7,11H,5-6,8-9H2,1-2H3. The van der Waals surface area contributed by atoms with Crippen LogP contribution in [0, 0.1) is 5.82 Å². The van der Waals surface area contributed by atoms with Gasteiger partial charge in [-0.3, -0.25) is 4.79 Å². The maximum Gasteiger partial charge on any atom is 0.254 e. The number of methoxy groups -OCH3 is 2. The number of carbonyl (C=O) groups is 1. The molecule has 1 fully saturated rings. The van der Waals surface area contributed by atoms with E-state index in [9.17, 15) is 9.18 Å². The SMILES string of the molecule is COCCc1noc(C2CN(C(=O)c3ccc(OC)c(F)c3)C2)n1. The van der Waals surface area contributed by atoms with Gasteiger partial charge in [-0.1, -0.05) is 5.16 Å². The molecule has 2 aromatic rings. The number of hydrogen-bond donors (Lipinski definition) is 0. The molecular weight excluding hydrogens is 317 g/mol. The number of carbonyl (C=O) groups excluding carboxylic acids is 1. The lowest BCUT2D eigenvalue weighted by Gasteiger charge is -2.37. The van der Waals surface area contributed by atoms with Crippen LogP contribution >= 0.6 is 0 Å². The van der Waals surface area contributed by atoms with E-state index in [1.54, 1.807) is 18.1 Å². The summed E-state index contributed by atoms with van der Waals surface area (Å²) in [4.78, 5) is 18.3. The van der Waals surface area contributed by atoms with Gasteiger partial charge in [-0.2, -0.15) is 4.98 Å².